The van der Waals surface area contributed by atoms with Gasteiger partial charge in [-0.15, -0.1) is 0 Å². The molecular weight excluding hydrogens is 338 g/mol. The molecule has 0 unspecified atom stereocenters. The van der Waals surface area contributed by atoms with Gasteiger partial charge in [0.1, 0.15) is 5.75 Å². The van der Waals surface area contributed by atoms with E-state index in [1.165, 1.54) is 16.7 Å². The highest BCUT2D eigenvalue weighted by atomic mass is 16.5. The monoisotopic (exact) mass is 365 g/mol. The van der Waals surface area contributed by atoms with Gasteiger partial charge in [0.2, 0.25) is 0 Å². The lowest BCUT2D eigenvalue weighted by molar-refractivity contribution is -0.148. The average Bonchev–Trinajstić information content (AvgIpc) is 3.34. The van der Waals surface area contributed by atoms with Crippen molar-refractivity contribution in [1.82, 2.24) is 5.32 Å². The lowest BCUT2D eigenvalue weighted by Crippen LogP contribution is -2.27. The van der Waals surface area contributed by atoms with Crippen LogP contribution in [0.4, 0.5) is 0 Å². The SMILES string of the molecule is CCOC(=O)[C@@H]1[C@@H](c2ccc3c(c2)CCO3)CN[C@H]1c1ccc(CC)cc1. The van der Waals surface area contributed by atoms with Crippen LogP contribution in [0.5, 0.6) is 5.75 Å². The summed E-state index contributed by atoms with van der Waals surface area (Å²) in [5.41, 5.74) is 4.89. The zero-order valence-electron chi connectivity index (χ0n) is 16.0. The smallest absolute Gasteiger partial charge is 0.311 e. The molecule has 0 bridgehead atoms. The summed E-state index contributed by atoms with van der Waals surface area (Å²) in [5, 5.41) is 3.58. The van der Waals surface area contributed by atoms with Crippen molar-refractivity contribution in [3.63, 3.8) is 0 Å². The number of ether oxygens (including phenoxy) is 2. The second-order valence-electron chi connectivity index (χ2n) is 7.33. The van der Waals surface area contributed by atoms with E-state index < -0.39 is 0 Å². The van der Waals surface area contributed by atoms with Gasteiger partial charge in [-0.05, 0) is 41.7 Å². The Bertz CT molecular complexity index is 815. The summed E-state index contributed by atoms with van der Waals surface area (Å²) in [7, 11) is 0. The van der Waals surface area contributed by atoms with E-state index in [9.17, 15) is 4.79 Å². The molecule has 2 aliphatic rings. The molecule has 2 aromatic carbocycles. The molecule has 2 heterocycles. The van der Waals surface area contributed by atoms with Crippen molar-refractivity contribution in [2.45, 2.75) is 38.6 Å². The summed E-state index contributed by atoms with van der Waals surface area (Å²) in [6.07, 6.45) is 1.95. The fourth-order valence-corrected chi connectivity index (χ4v) is 4.33. The molecule has 0 spiro atoms. The van der Waals surface area contributed by atoms with E-state index in [1.807, 2.05) is 13.0 Å². The molecule has 0 radical (unpaired) electrons. The number of nitrogens with one attached hydrogen (secondary N) is 1. The summed E-state index contributed by atoms with van der Waals surface area (Å²) in [6.45, 7) is 5.94. The molecule has 3 atom stereocenters. The predicted octanol–water partition coefficient (Wildman–Crippen LogP) is 3.79. The fraction of sp³-hybridized carbons (Fsp3) is 0.435. The summed E-state index contributed by atoms with van der Waals surface area (Å²) in [5.74, 6) is 0.738. The van der Waals surface area contributed by atoms with Crippen molar-refractivity contribution in [1.29, 1.82) is 0 Å². The normalized spacial score (nSPS) is 23.7. The number of benzene rings is 2. The molecule has 4 nitrogen and oxygen atoms in total. The summed E-state index contributed by atoms with van der Waals surface area (Å²) >= 11 is 0. The maximum Gasteiger partial charge on any atom is 0.311 e. The lowest BCUT2D eigenvalue weighted by Gasteiger charge is -2.23. The van der Waals surface area contributed by atoms with Gasteiger partial charge in [0, 0.05) is 24.9 Å². The fourth-order valence-electron chi connectivity index (χ4n) is 4.33. The number of rotatable bonds is 5. The number of esters is 1. The molecule has 0 aliphatic carbocycles. The van der Waals surface area contributed by atoms with Crippen LogP contribution in [0, 0.1) is 5.92 Å². The van der Waals surface area contributed by atoms with E-state index in [0.29, 0.717) is 6.61 Å². The zero-order valence-corrected chi connectivity index (χ0v) is 16.0. The summed E-state index contributed by atoms with van der Waals surface area (Å²) < 4.78 is 11.1. The van der Waals surface area contributed by atoms with Crippen molar-refractivity contribution in [3.05, 3.63) is 64.7 Å². The third kappa shape index (κ3) is 3.46. The van der Waals surface area contributed by atoms with Crippen molar-refractivity contribution < 1.29 is 14.3 Å². The highest BCUT2D eigenvalue weighted by molar-refractivity contribution is 5.76. The van der Waals surface area contributed by atoms with Gasteiger partial charge in [0.15, 0.2) is 0 Å². The first-order chi connectivity index (χ1) is 13.2. The molecule has 0 saturated carbocycles. The molecule has 2 aliphatic heterocycles. The first-order valence-electron chi connectivity index (χ1n) is 9.95. The number of hydrogen-bond acceptors (Lipinski definition) is 4. The van der Waals surface area contributed by atoms with E-state index >= 15 is 0 Å². The van der Waals surface area contributed by atoms with E-state index in [0.717, 1.165) is 37.3 Å². The van der Waals surface area contributed by atoms with Crippen LogP contribution in [0.25, 0.3) is 0 Å². The molecule has 0 aromatic heterocycles. The van der Waals surface area contributed by atoms with E-state index in [1.54, 1.807) is 0 Å². The van der Waals surface area contributed by atoms with Gasteiger partial charge in [-0.3, -0.25) is 4.79 Å². The molecule has 0 amide bonds. The first kappa shape index (κ1) is 18.1. The van der Waals surface area contributed by atoms with Crippen LogP contribution in [0.1, 0.15) is 48.1 Å². The van der Waals surface area contributed by atoms with Gasteiger partial charge in [-0.2, -0.15) is 0 Å². The third-order valence-electron chi connectivity index (χ3n) is 5.80. The predicted molar refractivity (Wildman–Crippen MR) is 105 cm³/mol. The van der Waals surface area contributed by atoms with Crippen molar-refractivity contribution in [2.24, 2.45) is 5.92 Å². The number of carbonyl (C=O) groups is 1. The van der Waals surface area contributed by atoms with Crippen molar-refractivity contribution in [3.8, 4) is 5.75 Å². The molecule has 4 heteroatoms. The highest BCUT2D eigenvalue weighted by Gasteiger charge is 2.43. The van der Waals surface area contributed by atoms with Crippen LogP contribution >= 0.6 is 0 Å². The molecule has 1 N–H and O–H groups in total. The van der Waals surface area contributed by atoms with Crippen LogP contribution in [0.2, 0.25) is 0 Å². The molecule has 1 saturated heterocycles. The molecular formula is C23H27NO3. The second-order valence-corrected chi connectivity index (χ2v) is 7.33. The Balaban J connectivity index is 1.66. The molecule has 2 aromatic rings. The highest BCUT2D eigenvalue weighted by Crippen LogP contribution is 2.42. The summed E-state index contributed by atoms with van der Waals surface area (Å²) in [4.78, 5) is 12.9. The Kier molecular flexibility index (Phi) is 5.17. The van der Waals surface area contributed by atoms with Gasteiger partial charge < -0.3 is 14.8 Å². The molecule has 4 rings (SSSR count). The Morgan fingerprint density at radius 2 is 1.93 bits per heavy atom. The van der Waals surface area contributed by atoms with E-state index in [4.69, 9.17) is 9.47 Å². The average molecular weight is 365 g/mol. The lowest BCUT2D eigenvalue weighted by atomic mass is 9.82. The maximum atomic E-state index is 12.9. The standard InChI is InChI=1S/C23H27NO3/c1-3-15-5-7-16(8-6-15)22-21(23(25)26-4-2)19(14-24-22)17-9-10-20-18(13-17)11-12-27-20/h5-10,13,19,21-22,24H,3-4,11-12,14H2,1-2H3/t19-,21-,22+/m1/s1. The topological polar surface area (TPSA) is 47.6 Å². The third-order valence-corrected chi connectivity index (χ3v) is 5.80. The van der Waals surface area contributed by atoms with E-state index in [-0.39, 0.29) is 23.8 Å². The van der Waals surface area contributed by atoms with Crippen LogP contribution in [0.3, 0.4) is 0 Å². The van der Waals surface area contributed by atoms with Gasteiger partial charge in [-0.1, -0.05) is 43.3 Å². The Morgan fingerprint density at radius 3 is 2.67 bits per heavy atom. The van der Waals surface area contributed by atoms with Gasteiger partial charge >= 0.3 is 5.97 Å². The minimum absolute atomic E-state index is 0.0236. The minimum Gasteiger partial charge on any atom is -0.493 e. The Morgan fingerprint density at radius 1 is 1.15 bits per heavy atom. The van der Waals surface area contributed by atoms with Crippen LogP contribution in [-0.4, -0.2) is 25.7 Å². The quantitative estimate of drug-likeness (QED) is 0.819. The zero-order chi connectivity index (χ0) is 18.8. The summed E-state index contributed by atoms with van der Waals surface area (Å²) in [6, 6.07) is 14.9. The number of hydrogen-bond donors (Lipinski definition) is 1. The van der Waals surface area contributed by atoms with E-state index in [2.05, 4.69) is 48.6 Å². The van der Waals surface area contributed by atoms with Gasteiger partial charge in [0.25, 0.3) is 0 Å². The molecule has 142 valence electrons. The Labute approximate surface area is 160 Å². The van der Waals surface area contributed by atoms with Crippen molar-refractivity contribution >= 4 is 5.97 Å². The Hall–Kier alpha value is -2.33. The molecule has 27 heavy (non-hydrogen) atoms. The largest absolute Gasteiger partial charge is 0.493 e. The van der Waals surface area contributed by atoms with Crippen LogP contribution in [-0.2, 0) is 22.4 Å². The minimum atomic E-state index is -0.224. The van der Waals surface area contributed by atoms with Gasteiger partial charge in [0.05, 0.1) is 19.1 Å². The molecule has 1 fully saturated rings. The van der Waals surface area contributed by atoms with Crippen LogP contribution < -0.4 is 10.1 Å². The first-order valence-corrected chi connectivity index (χ1v) is 9.95. The number of fused-ring (bicyclic) bond motifs is 1. The number of carbonyl (C=O) groups excluding carboxylic acids is 1. The van der Waals surface area contributed by atoms with Crippen molar-refractivity contribution in [2.75, 3.05) is 19.8 Å². The second kappa shape index (κ2) is 7.73. The van der Waals surface area contributed by atoms with Gasteiger partial charge in [-0.25, -0.2) is 0 Å². The van der Waals surface area contributed by atoms with Crippen LogP contribution in [0.15, 0.2) is 42.5 Å². The number of aryl methyl sites for hydroxylation is 1. The maximum absolute atomic E-state index is 12.9.